The van der Waals surface area contributed by atoms with E-state index in [0.717, 1.165) is 19.3 Å². The van der Waals surface area contributed by atoms with Crippen LogP contribution in [-0.2, 0) is 9.47 Å². The quantitative estimate of drug-likeness (QED) is 0.365. The Hall–Kier alpha value is -0.800. The summed E-state index contributed by atoms with van der Waals surface area (Å²) >= 11 is 0. The highest BCUT2D eigenvalue weighted by Crippen LogP contribution is 2.69. The van der Waals surface area contributed by atoms with E-state index in [4.69, 9.17) is 9.47 Å². The Morgan fingerprint density at radius 3 is 2.43 bits per heavy atom. The maximum absolute atomic E-state index is 9.67. The van der Waals surface area contributed by atoms with E-state index in [1.807, 2.05) is 0 Å². The van der Waals surface area contributed by atoms with Crippen molar-refractivity contribution in [2.75, 3.05) is 6.61 Å². The van der Waals surface area contributed by atoms with Gasteiger partial charge in [0, 0.05) is 11.3 Å². The first-order valence-corrected chi connectivity index (χ1v) is 11.2. The zero-order valence-electron chi connectivity index (χ0n) is 19.1. The third-order valence-electron chi connectivity index (χ3n) is 9.75. The van der Waals surface area contributed by atoms with E-state index in [9.17, 15) is 5.11 Å². The molecule has 1 N–H and O–H groups in total. The van der Waals surface area contributed by atoms with Crippen LogP contribution in [0, 0.1) is 39.9 Å². The molecule has 3 fully saturated rings. The smallest absolute Gasteiger partial charge is 0.115 e. The molecule has 1 aliphatic heterocycles. The second kappa shape index (κ2) is 7.16. The second-order valence-electron chi connectivity index (χ2n) is 10.8. The highest BCUT2D eigenvalue weighted by atomic mass is 16.6. The van der Waals surface area contributed by atoms with E-state index in [0.29, 0.717) is 41.6 Å². The molecule has 6 unspecified atom stereocenters. The molecular weight excluding hydrogens is 348 g/mol. The van der Waals surface area contributed by atoms with Crippen molar-refractivity contribution in [2.45, 2.75) is 86.0 Å². The van der Waals surface area contributed by atoms with Gasteiger partial charge in [0.05, 0.1) is 18.8 Å². The van der Waals surface area contributed by atoms with Crippen LogP contribution in [0.25, 0.3) is 0 Å². The van der Waals surface area contributed by atoms with Gasteiger partial charge in [-0.1, -0.05) is 67.5 Å². The van der Waals surface area contributed by atoms with Gasteiger partial charge in [0.1, 0.15) is 11.9 Å². The molecule has 2 aliphatic carbocycles. The summed E-state index contributed by atoms with van der Waals surface area (Å²) < 4.78 is 12.6. The van der Waals surface area contributed by atoms with Gasteiger partial charge in [-0.25, -0.2) is 0 Å². The standard InChI is InChI=1S/C25H42O3/c1-10-15(3)25(9)20(27-16(4)14-26)13-23(7,11-2)17(5)18(6)24(8)12-19-21(28-19)22(24)25/h11,15,17-22,26H,2,4,10,12-14H2,1,3,5-9H3/t15?,17?,18-,19?,20+,21?,22?,23+,24?,25-/m0/s1. The summed E-state index contributed by atoms with van der Waals surface area (Å²) in [5, 5.41) is 9.67. The van der Waals surface area contributed by atoms with Gasteiger partial charge in [-0.05, 0) is 41.4 Å². The maximum Gasteiger partial charge on any atom is 0.115 e. The maximum atomic E-state index is 9.67. The van der Waals surface area contributed by atoms with Crippen molar-refractivity contribution in [3.05, 3.63) is 25.0 Å². The van der Waals surface area contributed by atoms with Crippen LogP contribution in [-0.4, -0.2) is 30.0 Å². The predicted molar refractivity (Wildman–Crippen MR) is 115 cm³/mol. The number of aliphatic hydroxyl groups is 1. The van der Waals surface area contributed by atoms with E-state index in [2.05, 4.69) is 67.7 Å². The van der Waals surface area contributed by atoms with Gasteiger partial charge in [0.25, 0.3) is 0 Å². The Morgan fingerprint density at radius 2 is 1.89 bits per heavy atom. The van der Waals surface area contributed by atoms with E-state index in [-0.39, 0.29) is 29.0 Å². The Morgan fingerprint density at radius 1 is 1.25 bits per heavy atom. The van der Waals surface area contributed by atoms with Crippen LogP contribution in [0.2, 0.25) is 0 Å². The zero-order valence-corrected chi connectivity index (χ0v) is 19.1. The topological polar surface area (TPSA) is 42.0 Å². The molecule has 0 aromatic rings. The van der Waals surface area contributed by atoms with Gasteiger partial charge in [-0.2, -0.15) is 0 Å². The van der Waals surface area contributed by atoms with Crippen molar-refractivity contribution in [3.8, 4) is 0 Å². The highest BCUT2D eigenvalue weighted by molar-refractivity contribution is 5.20. The molecule has 0 amide bonds. The molecule has 3 nitrogen and oxygen atoms in total. The van der Waals surface area contributed by atoms with Crippen LogP contribution in [0.1, 0.15) is 67.7 Å². The Balaban J connectivity index is 2.18. The molecule has 2 saturated carbocycles. The molecule has 160 valence electrons. The van der Waals surface area contributed by atoms with Crippen LogP contribution < -0.4 is 0 Å². The summed E-state index contributed by atoms with van der Waals surface area (Å²) in [4.78, 5) is 0. The van der Waals surface area contributed by atoms with Gasteiger partial charge in [0.2, 0.25) is 0 Å². The molecule has 0 bridgehead atoms. The lowest BCUT2D eigenvalue weighted by Crippen LogP contribution is -2.58. The number of fused-ring (bicyclic) bond motifs is 3. The van der Waals surface area contributed by atoms with Gasteiger partial charge in [-0.15, -0.1) is 6.58 Å². The van der Waals surface area contributed by atoms with Gasteiger partial charge >= 0.3 is 0 Å². The van der Waals surface area contributed by atoms with Crippen LogP contribution in [0.3, 0.4) is 0 Å². The van der Waals surface area contributed by atoms with Crippen molar-refractivity contribution in [1.29, 1.82) is 0 Å². The number of hydrogen-bond donors (Lipinski definition) is 1. The fourth-order valence-electron chi connectivity index (χ4n) is 6.97. The average Bonchev–Trinajstić information content (AvgIpc) is 3.34. The predicted octanol–water partition coefficient (Wildman–Crippen LogP) is 5.59. The largest absolute Gasteiger partial charge is 0.492 e. The minimum atomic E-state index is -0.131. The van der Waals surface area contributed by atoms with Crippen LogP contribution in [0.4, 0.5) is 0 Å². The van der Waals surface area contributed by atoms with E-state index in [1.165, 1.54) is 0 Å². The van der Waals surface area contributed by atoms with Gasteiger partial charge in [0.15, 0.2) is 0 Å². The number of aliphatic hydroxyl groups excluding tert-OH is 1. The summed E-state index contributed by atoms with van der Waals surface area (Å²) in [6.45, 7) is 24.9. The first-order valence-electron chi connectivity index (χ1n) is 11.2. The third kappa shape index (κ3) is 2.99. The Bertz CT molecular complexity index is 629. The summed E-state index contributed by atoms with van der Waals surface area (Å²) in [7, 11) is 0. The first kappa shape index (κ1) is 21.9. The van der Waals surface area contributed by atoms with Crippen molar-refractivity contribution in [1.82, 2.24) is 0 Å². The van der Waals surface area contributed by atoms with Gasteiger partial charge < -0.3 is 14.6 Å². The first-order chi connectivity index (χ1) is 13.0. The normalized spacial score (nSPS) is 51.3. The minimum Gasteiger partial charge on any atom is -0.492 e. The SMILES string of the molecule is C=C[C@]1(C)C[C@@H](OC(=C)CO)[C@](C)(C(C)CC)C2C3OC3CC2(C)[C@@H](C)C1C. The number of ether oxygens (including phenoxy) is 2. The summed E-state index contributed by atoms with van der Waals surface area (Å²) in [5.74, 6) is 2.46. The fourth-order valence-corrected chi connectivity index (χ4v) is 6.97. The lowest BCUT2D eigenvalue weighted by atomic mass is 9.47. The van der Waals surface area contributed by atoms with Crippen LogP contribution >= 0.6 is 0 Å². The third-order valence-corrected chi connectivity index (χ3v) is 9.75. The Labute approximate surface area is 172 Å². The number of rotatable bonds is 6. The van der Waals surface area contributed by atoms with Crippen molar-refractivity contribution in [3.63, 3.8) is 0 Å². The lowest BCUT2D eigenvalue weighted by molar-refractivity contribution is -0.165. The highest BCUT2D eigenvalue weighted by Gasteiger charge is 2.71. The van der Waals surface area contributed by atoms with E-state index < -0.39 is 0 Å². The molecule has 3 rings (SSSR count). The fraction of sp³-hybridized carbons (Fsp3) is 0.840. The molecular formula is C25H42O3. The second-order valence-corrected chi connectivity index (χ2v) is 10.8. The molecule has 28 heavy (non-hydrogen) atoms. The Kier molecular flexibility index (Phi) is 5.60. The molecule has 3 aliphatic rings. The van der Waals surface area contributed by atoms with Crippen LogP contribution in [0.15, 0.2) is 25.0 Å². The number of allylic oxidation sites excluding steroid dienone is 1. The molecule has 10 atom stereocenters. The molecule has 0 aromatic heterocycles. The van der Waals surface area contributed by atoms with E-state index >= 15 is 0 Å². The average molecular weight is 391 g/mol. The molecule has 1 saturated heterocycles. The van der Waals surface area contributed by atoms with Crippen molar-refractivity contribution in [2.24, 2.45) is 39.9 Å². The summed E-state index contributed by atoms with van der Waals surface area (Å²) in [5.41, 5.74) is 0.115. The van der Waals surface area contributed by atoms with Crippen molar-refractivity contribution >= 4 is 0 Å². The van der Waals surface area contributed by atoms with Gasteiger partial charge in [-0.3, -0.25) is 0 Å². The molecule has 0 radical (unpaired) electrons. The molecule has 3 heteroatoms. The monoisotopic (exact) mass is 390 g/mol. The van der Waals surface area contributed by atoms with Crippen LogP contribution in [0.5, 0.6) is 0 Å². The van der Waals surface area contributed by atoms with Crippen molar-refractivity contribution < 1.29 is 14.6 Å². The summed E-state index contributed by atoms with van der Waals surface area (Å²) in [6, 6.07) is 0. The van der Waals surface area contributed by atoms with E-state index in [1.54, 1.807) is 0 Å². The molecule has 0 spiro atoms. The molecule has 0 aromatic carbocycles. The number of epoxide rings is 1. The minimum absolute atomic E-state index is 0.0210. The number of hydrogen-bond acceptors (Lipinski definition) is 3. The zero-order chi connectivity index (χ0) is 21.1. The lowest BCUT2D eigenvalue weighted by Gasteiger charge is -2.59. The molecule has 1 heterocycles. The summed E-state index contributed by atoms with van der Waals surface area (Å²) in [6.07, 6.45) is 6.02.